The van der Waals surface area contributed by atoms with Gasteiger partial charge in [0.15, 0.2) is 0 Å². The van der Waals surface area contributed by atoms with Gasteiger partial charge in [-0.1, -0.05) is 0 Å². The number of rotatable bonds is 1. The maximum atomic E-state index is 11.5. The summed E-state index contributed by atoms with van der Waals surface area (Å²) in [5.74, 6) is 0.0723. The van der Waals surface area contributed by atoms with Gasteiger partial charge in [0.25, 0.3) is 0 Å². The molecule has 76 valence electrons. The first-order valence-electron chi connectivity index (χ1n) is 4.48. The van der Waals surface area contributed by atoms with E-state index >= 15 is 0 Å². The second-order valence-electron chi connectivity index (χ2n) is 4.41. The molecule has 1 atom stereocenters. The molecular weight excluding hydrogens is 184 g/mol. The van der Waals surface area contributed by atoms with E-state index in [2.05, 4.69) is 38.3 Å². The molecule has 1 fully saturated rings. The van der Waals surface area contributed by atoms with Gasteiger partial charge in [-0.05, 0) is 27.7 Å². The minimum Gasteiger partial charge on any atom is -0.358 e. The smallest absolute Gasteiger partial charge is 0.238 e. The van der Waals surface area contributed by atoms with Crippen LogP contribution in [0.15, 0.2) is 0 Å². The second-order valence-corrected chi connectivity index (χ2v) is 6.68. The second kappa shape index (κ2) is 3.17. The van der Waals surface area contributed by atoms with E-state index in [-0.39, 0.29) is 21.6 Å². The molecule has 2 N–H and O–H groups in total. The van der Waals surface area contributed by atoms with E-state index < -0.39 is 0 Å². The molecule has 0 aromatic rings. The van der Waals surface area contributed by atoms with Crippen LogP contribution in [0.3, 0.4) is 0 Å². The predicted octanol–water partition coefficient (Wildman–Crippen LogP) is 0.952. The van der Waals surface area contributed by atoms with Crippen molar-refractivity contribution in [2.75, 3.05) is 7.05 Å². The number of likely N-dealkylation sites (N-methyl/N-ethyl adjacent to an activating group) is 1. The fourth-order valence-corrected chi connectivity index (χ4v) is 3.57. The Kier molecular flexibility index (Phi) is 2.65. The Morgan fingerprint density at radius 2 is 1.92 bits per heavy atom. The Morgan fingerprint density at radius 3 is 2.23 bits per heavy atom. The lowest BCUT2D eigenvalue weighted by Crippen LogP contribution is -2.51. The molecule has 0 aromatic heterocycles. The molecule has 0 unspecified atom stereocenters. The van der Waals surface area contributed by atoms with Gasteiger partial charge in [-0.2, -0.15) is 0 Å². The lowest BCUT2D eigenvalue weighted by atomic mass is 10.0. The predicted molar refractivity (Wildman–Crippen MR) is 56.7 cm³/mol. The lowest BCUT2D eigenvalue weighted by molar-refractivity contribution is -0.123. The molecule has 0 aromatic carbocycles. The SMILES string of the molecule is CNC(=O)[C@@H]1NC(C)(C)SC1(C)C. The zero-order valence-electron chi connectivity index (χ0n) is 8.89. The monoisotopic (exact) mass is 202 g/mol. The molecule has 0 radical (unpaired) electrons. The summed E-state index contributed by atoms with van der Waals surface area (Å²) in [5.41, 5.74) is 0. The normalized spacial score (nSPS) is 30.1. The van der Waals surface area contributed by atoms with Crippen molar-refractivity contribution in [3.63, 3.8) is 0 Å². The van der Waals surface area contributed by atoms with Crippen molar-refractivity contribution in [3.8, 4) is 0 Å². The quantitative estimate of drug-likeness (QED) is 0.665. The summed E-state index contributed by atoms with van der Waals surface area (Å²) < 4.78 is -0.0381. The van der Waals surface area contributed by atoms with Gasteiger partial charge in [0.05, 0.1) is 4.87 Å². The number of nitrogens with one attached hydrogen (secondary N) is 2. The van der Waals surface area contributed by atoms with E-state index in [1.165, 1.54) is 0 Å². The van der Waals surface area contributed by atoms with Gasteiger partial charge in [0.2, 0.25) is 5.91 Å². The Balaban J connectivity index is 2.82. The highest BCUT2D eigenvalue weighted by atomic mass is 32.2. The summed E-state index contributed by atoms with van der Waals surface area (Å²) in [6.07, 6.45) is 0. The summed E-state index contributed by atoms with van der Waals surface area (Å²) in [6.45, 7) is 8.39. The van der Waals surface area contributed by atoms with E-state index in [1.807, 2.05) is 0 Å². The maximum absolute atomic E-state index is 11.5. The van der Waals surface area contributed by atoms with Crippen molar-refractivity contribution in [1.82, 2.24) is 10.6 Å². The van der Waals surface area contributed by atoms with Crippen LogP contribution in [0.2, 0.25) is 0 Å². The van der Waals surface area contributed by atoms with Gasteiger partial charge < -0.3 is 5.32 Å². The zero-order valence-corrected chi connectivity index (χ0v) is 9.71. The van der Waals surface area contributed by atoms with E-state index in [4.69, 9.17) is 0 Å². The van der Waals surface area contributed by atoms with E-state index in [0.29, 0.717) is 0 Å². The molecule has 0 bridgehead atoms. The maximum Gasteiger partial charge on any atom is 0.238 e. The van der Waals surface area contributed by atoms with Gasteiger partial charge in [-0.15, -0.1) is 11.8 Å². The summed E-state index contributed by atoms with van der Waals surface area (Å²) >= 11 is 1.80. The summed E-state index contributed by atoms with van der Waals surface area (Å²) in [4.78, 5) is 11.5. The Labute approximate surface area is 84.0 Å². The van der Waals surface area contributed by atoms with Crippen LogP contribution in [0.1, 0.15) is 27.7 Å². The number of carbonyl (C=O) groups is 1. The first kappa shape index (κ1) is 10.9. The van der Waals surface area contributed by atoms with Crippen LogP contribution in [-0.4, -0.2) is 28.6 Å². The van der Waals surface area contributed by atoms with Crippen molar-refractivity contribution >= 4 is 17.7 Å². The highest BCUT2D eigenvalue weighted by Crippen LogP contribution is 2.43. The van der Waals surface area contributed by atoms with Crippen molar-refractivity contribution in [2.45, 2.75) is 43.4 Å². The third kappa shape index (κ3) is 2.17. The fourth-order valence-electron chi connectivity index (χ4n) is 1.79. The summed E-state index contributed by atoms with van der Waals surface area (Å²) in [7, 11) is 1.68. The highest BCUT2D eigenvalue weighted by molar-refractivity contribution is 8.02. The van der Waals surface area contributed by atoms with Crippen LogP contribution in [0, 0.1) is 0 Å². The van der Waals surface area contributed by atoms with E-state index in [0.717, 1.165) is 0 Å². The first-order chi connectivity index (χ1) is 5.78. The molecule has 13 heavy (non-hydrogen) atoms. The molecule has 4 heteroatoms. The van der Waals surface area contributed by atoms with Crippen LogP contribution in [-0.2, 0) is 4.79 Å². The topological polar surface area (TPSA) is 41.1 Å². The van der Waals surface area contributed by atoms with Crippen molar-refractivity contribution in [1.29, 1.82) is 0 Å². The minimum atomic E-state index is -0.0995. The van der Waals surface area contributed by atoms with Crippen molar-refractivity contribution in [2.24, 2.45) is 0 Å². The van der Waals surface area contributed by atoms with Crippen LogP contribution < -0.4 is 10.6 Å². The van der Waals surface area contributed by atoms with Gasteiger partial charge in [0, 0.05) is 11.8 Å². The molecule has 1 rings (SSSR count). The van der Waals surface area contributed by atoms with E-state index in [1.54, 1.807) is 18.8 Å². The number of thioether (sulfide) groups is 1. The average Bonchev–Trinajstić information content (AvgIpc) is 2.17. The molecule has 0 aliphatic carbocycles. The molecule has 1 aliphatic heterocycles. The number of amides is 1. The Morgan fingerprint density at radius 1 is 1.38 bits per heavy atom. The van der Waals surface area contributed by atoms with E-state index in [9.17, 15) is 4.79 Å². The zero-order chi connectivity index (χ0) is 10.3. The number of carbonyl (C=O) groups excluding carboxylic acids is 1. The molecule has 1 heterocycles. The van der Waals surface area contributed by atoms with Crippen molar-refractivity contribution in [3.05, 3.63) is 0 Å². The summed E-state index contributed by atoms with van der Waals surface area (Å²) in [5, 5.41) is 6.01. The van der Waals surface area contributed by atoms with Crippen molar-refractivity contribution < 1.29 is 4.79 Å². The Bertz CT molecular complexity index is 226. The number of hydrogen-bond donors (Lipinski definition) is 2. The molecule has 1 aliphatic rings. The minimum absolute atomic E-state index is 0.0132. The molecular formula is C9H18N2OS. The van der Waals surface area contributed by atoms with Gasteiger partial charge >= 0.3 is 0 Å². The van der Waals surface area contributed by atoms with Crippen LogP contribution in [0.5, 0.6) is 0 Å². The Hall–Kier alpha value is -0.220. The first-order valence-corrected chi connectivity index (χ1v) is 5.29. The number of hydrogen-bond acceptors (Lipinski definition) is 3. The van der Waals surface area contributed by atoms with Gasteiger partial charge in [0.1, 0.15) is 6.04 Å². The van der Waals surface area contributed by atoms with Crippen LogP contribution in [0.4, 0.5) is 0 Å². The molecule has 0 saturated carbocycles. The van der Waals surface area contributed by atoms with Crippen LogP contribution >= 0.6 is 11.8 Å². The van der Waals surface area contributed by atoms with Crippen LogP contribution in [0.25, 0.3) is 0 Å². The molecule has 0 spiro atoms. The molecule has 3 nitrogen and oxygen atoms in total. The largest absolute Gasteiger partial charge is 0.358 e. The average molecular weight is 202 g/mol. The molecule has 1 amide bonds. The molecule has 1 saturated heterocycles. The highest BCUT2D eigenvalue weighted by Gasteiger charge is 2.48. The standard InChI is InChI=1S/C9H18N2OS/c1-8(2)6(7(12)10-5)11-9(3,4)13-8/h6,11H,1-5H3,(H,10,12)/t6-/m0/s1. The third-order valence-corrected chi connectivity index (χ3v) is 3.60. The fraction of sp³-hybridized carbons (Fsp3) is 0.889. The third-order valence-electron chi connectivity index (χ3n) is 2.21. The van der Waals surface area contributed by atoms with Gasteiger partial charge in [-0.25, -0.2) is 0 Å². The lowest BCUT2D eigenvalue weighted by Gasteiger charge is -2.23. The summed E-state index contributed by atoms with van der Waals surface area (Å²) in [6, 6.07) is -0.0995. The van der Waals surface area contributed by atoms with Gasteiger partial charge in [-0.3, -0.25) is 10.1 Å².